The first-order valence-corrected chi connectivity index (χ1v) is 13.1. The number of benzene rings is 4. The lowest BCUT2D eigenvalue weighted by Crippen LogP contribution is -2.51. The normalized spacial score (nSPS) is 13.2. The van der Waals surface area contributed by atoms with E-state index in [2.05, 4.69) is 5.32 Å². The molecule has 208 valence electrons. The van der Waals surface area contributed by atoms with Crippen LogP contribution in [-0.2, 0) is 11.3 Å². The standard InChI is InChI=1S/C32H29FN4O4/c1-36(30(39)32(17-18-32)37(31(40)41)20-21-5-3-2-4-6-21)26-14-9-23(10-15-26)29(38)35-28-19-24(11-16-27(28)34)22-7-12-25(33)13-8-22/h2-16,19H,17-18,20,34H2,1H3,(H,35,38)(H,40,41). The molecule has 4 N–H and O–H groups in total. The van der Waals surface area contributed by atoms with E-state index in [-0.39, 0.29) is 18.3 Å². The highest BCUT2D eigenvalue weighted by Crippen LogP contribution is 2.45. The molecule has 9 heteroatoms. The number of carbonyl (C=O) groups excluding carboxylic acids is 2. The number of nitrogens with zero attached hydrogens (tertiary/aromatic N) is 2. The van der Waals surface area contributed by atoms with Crippen molar-refractivity contribution in [3.05, 3.63) is 114 Å². The summed E-state index contributed by atoms with van der Waals surface area (Å²) in [6.07, 6.45) is -0.273. The molecule has 0 radical (unpaired) electrons. The minimum Gasteiger partial charge on any atom is -0.465 e. The SMILES string of the molecule is CN(C(=O)C1(N(Cc2ccccc2)C(=O)O)CC1)c1ccc(C(=O)Nc2cc(-c3ccc(F)cc3)ccc2N)cc1. The lowest BCUT2D eigenvalue weighted by molar-refractivity contribution is -0.124. The van der Waals surface area contributed by atoms with Crippen LogP contribution >= 0.6 is 0 Å². The molecule has 4 aromatic carbocycles. The number of amides is 3. The number of nitrogen functional groups attached to an aromatic ring is 1. The molecule has 0 bridgehead atoms. The first-order valence-electron chi connectivity index (χ1n) is 13.1. The van der Waals surface area contributed by atoms with Crippen LogP contribution in [0.4, 0.5) is 26.2 Å². The Morgan fingerprint density at radius 3 is 2.15 bits per heavy atom. The number of rotatable bonds is 8. The maximum Gasteiger partial charge on any atom is 0.408 e. The van der Waals surface area contributed by atoms with E-state index in [1.165, 1.54) is 21.9 Å². The van der Waals surface area contributed by atoms with Crippen molar-refractivity contribution in [3.8, 4) is 11.1 Å². The van der Waals surface area contributed by atoms with Gasteiger partial charge in [0.25, 0.3) is 11.8 Å². The Labute approximate surface area is 236 Å². The average Bonchev–Trinajstić information content (AvgIpc) is 3.79. The predicted molar refractivity (Wildman–Crippen MR) is 156 cm³/mol. The fourth-order valence-electron chi connectivity index (χ4n) is 4.83. The highest BCUT2D eigenvalue weighted by atomic mass is 19.1. The van der Waals surface area contributed by atoms with Crippen LogP contribution < -0.4 is 16.0 Å². The van der Waals surface area contributed by atoms with Gasteiger partial charge in [0.1, 0.15) is 11.4 Å². The maximum absolute atomic E-state index is 13.5. The molecule has 4 aromatic rings. The second-order valence-electron chi connectivity index (χ2n) is 10.1. The number of nitrogens with one attached hydrogen (secondary N) is 1. The summed E-state index contributed by atoms with van der Waals surface area (Å²) in [6.45, 7) is 0.111. The molecule has 1 aliphatic rings. The quantitative estimate of drug-likeness (QED) is 0.232. The third kappa shape index (κ3) is 5.74. The molecule has 5 rings (SSSR count). The second kappa shape index (κ2) is 11.1. The summed E-state index contributed by atoms with van der Waals surface area (Å²) in [6, 6.07) is 26.8. The van der Waals surface area contributed by atoms with E-state index in [1.807, 2.05) is 30.3 Å². The molecular weight excluding hydrogens is 523 g/mol. The van der Waals surface area contributed by atoms with Gasteiger partial charge < -0.3 is 21.1 Å². The fraction of sp³-hybridized carbons (Fsp3) is 0.156. The Morgan fingerprint density at radius 1 is 0.902 bits per heavy atom. The molecule has 0 unspecified atom stereocenters. The van der Waals surface area contributed by atoms with Gasteiger partial charge in [0.2, 0.25) is 0 Å². The van der Waals surface area contributed by atoms with Crippen molar-refractivity contribution in [1.82, 2.24) is 4.90 Å². The summed E-state index contributed by atoms with van der Waals surface area (Å²) in [4.78, 5) is 41.3. The second-order valence-corrected chi connectivity index (χ2v) is 10.1. The van der Waals surface area contributed by atoms with Crippen LogP contribution in [0.3, 0.4) is 0 Å². The number of hydrogen-bond acceptors (Lipinski definition) is 4. The Balaban J connectivity index is 1.29. The van der Waals surface area contributed by atoms with Crippen LogP contribution in [0.5, 0.6) is 0 Å². The molecule has 41 heavy (non-hydrogen) atoms. The molecule has 1 saturated carbocycles. The smallest absolute Gasteiger partial charge is 0.408 e. The lowest BCUT2D eigenvalue weighted by Gasteiger charge is -2.32. The summed E-state index contributed by atoms with van der Waals surface area (Å²) in [5.41, 5.74) is 8.97. The Morgan fingerprint density at radius 2 is 1.54 bits per heavy atom. The van der Waals surface area contributed by atoms with Crippen molar-refractivity contribution in [2.45, 2.75) is 24.9 Å². The number of hydrogen-bond donors (Lipinski definition) is 3. The minimum absolute atomic E-state index is 0.111. The molecule has 0 aromatic heterocycles. The van der Waals surface area contributed by atoms with Gasteiger partial charge in [-0.2, -0.15) is 0 Å². The number of carboxylic acid groups (broad SMARTS) is 1. The van der Waals surface area contributed by atoms with Gasteiger partial charge in [-0.25, -0.2) is 9.18 Å². The highest BCUT2D eigenvalue weighted by molar-refractivity contribution is 6.07. The summed E-state index contributed by atoms with van der Waals surface area (Å²) in [7, 11) is 1.60. The third-order valence-corrected chi connectivity index (χ3v) is 7.35. The number of carbonyl (C=O) groups is 3. The first kappa shape index (κ1) is 27.4. The van der Waals surface area contributed by atoms with Crippen LogP contribution in [0.15, 0.2) is 97.1 Å². The molecule has 0 atom stereocenters. The molecule has 1 aliphatic carbocycles. The van der Waals surface area contributed by atoms with E-state index < -0.39 is 17.5 Å². The molecule has 0 heterocycles. The average molecular weight is 553 g/mol. The lowest BCUT2D eigenvalue weighted by atomic mass is 10.0. The fourth-order valence-corrected chi connectivity index (χ4v) is 4.83. The van der Waals surface area contributed by atoms with Crippen molar-refractivity contribution >= 4 is 35.0 Å². The number of anilines is 3. The van der Waals surface area contributed by atoms with Crippen LogP contribution in [0.25, 0.3) is 11.1 Å². The summed E-state index contributed by atoms with van der Waals surface area (Å²) in [5.74, 6) is -1.06. The molecule has 1 fully saturated rings. The molecule has 0 saturated heterocycles. The van der Waals surface area contributed by atoms with Gasteiger partial charge in [-0.3, -0.25) is 14.5 Å². The van der Waals surface area contributed by atoms with Gasteiger partial charge in [-0.1, -0.05) is 48.5 Å². The highest BCUT2D eigenvalue weighted by Gasteiger charge is 2.58. The Bertz CT molecular complexity index is 1590. The van der Waals surface area contributed by atoms with E-state index >= 15 is 0 Å². The zero-order chi connectivity index (χ0) is 29.1. The Kier molecular flexibility index (Phi) is 7.43. The van der Waals surface area contributed by atoms with Gasteiger partial charge in [-0.05, 0) is 78.1 Å². The van der Waals surface area contributed by atoms with Crippen molar-refractivity contribution in [1.29, 1.82) is 0 Å². The van der Waals surface area contributed by atoms with Crippen LogP contribution in [0.2, 0.25) is 0 Å². The van der Waals surface area contributed by atoms with E-state index in [9.17, 15) is 23.9 Å². The van der Waals surface area contributed by atoms with Gasteiger partial charge >= 0.3 is 6.09 Å². The molecular formula is C32H29FN4O4. The van der Waals surface area contributed by atoms with E-state index in [4.69, 9.17) is 5.73 Å². The van der Waals surface area contributed by atoms with Crippen molar-refractivity contribution in [3.63, 3.8) is 0 Å². The van der Waals surface area contributed by atoms with Gasteiger partial charge in [-0.15, -0.1) is 0 Å². The topological polar surface area (TPSA) is 116 Å². The zero-order valence-corrected chi connectivity index (χ0v) is 22.4. The molecule has 8 nitrogen and oxygen atoms in total. The third-order valence-electron chi connectivity index (χ3n) is 7.35. The number of likely N-dealkylation sites (N-methyl/N-ethyl adjacent to an activating group) is 1. The summed E-state index contributed by atoms with van der Waals surface area (Å²) >= 11 is 0. The predicted octanol–water partition coefficient (Wildman–Crippen LogP) is 6.00. The molecule has 0 aliphatic heterocycles. The van der Waals surface area contributed by atoms with E-state index in [1.54, 1.807) is 61.6 Å². The number of nitrogens with two attached hydrogens (primary N) is 1. The van der Waals surface area contributed by atoms with Crippen LogP contribution in [0.1, 0.15) is 28.8 Å². The van der Waals surface area contributed by atoms with Gasteiger partial charge in [0.15, 0.2) is 0 Å². The molecule has 3 amide bonds. The van der Waals surface area contributed by atoms with E-state index in [0.29, 0.717) is 35.5 Å². The zero-order valence-electron chi connectivity index (χ0n) is 22.4. The number of halogens is 1. The summed E-state index contributed by atoms with van der Waals surface area (Å²) in [5, 5.41) is 12.7. The summed E-state index contributed by atoms with van der Waals surface area (Å²) < 4.78 is 13.3. The minimum atomic E-state index is -1.15. The van der Waals surface area contributed by atoms with Crippen molar-refractivity contribution < 1.29 is 23.9 Å². The van der Waals surface area contributed by atoms with E-state index in [0.717, 1.165) is 16.7 Å². The van der Waals surface area contributed by atoms with Crippen molar-refractivity contribution in [2.75, 3.05) is 23.0 Å². The Hall–Kier alpha value is -5.18. The van der Waals surface area contributed by atoms with Crippen LogP contribution in [-0.4, -0.2) is 40.5 Å². The van der Waals surface area contributed by atoms with Crippen LogP contribution in [0, 0.1) is 5.82 Å². The monoisotopic (exact) mass is 552 g/mol. The van der Waals surface area contributed by atoms with Crippen molar-refractivity contribution in [2.24, 2.45) is 0 Å². The largest absolute Gasteiger partial charge is 0.465 e. The molecule has 0 spiro atoms. The maximum atomic E-state index is 13.5. The first-order chi connectivity index (χ1) is 19.7. The van der Waals surface area contributed by atoms with Gasteiger partial charge in [0, 0.05) is 18.3 Å². The van der Waals surface area contributed by atoms with Gasteiger partial charge in [0.05, 0.1) is 17.9 Å².